The van der Waals surface area contributed by atoms with E-state index in [-0.39, 0.29) is 30.0 Å². The van der Waals surface area contributed by atoms with Crippen LogP contribution >= 0.6 is 24.0 Å². The van der Waals surface area contributed by atoms with Gasteiger partial charge in [-0.15, -0.1) is 24.0 Å². The number of benzene rings is 2. The van der Waals surface area contributed by atoms with Crippen molar-refractivity contribution in [3.05, 3.63) is 65.7 Å². The highest BCUT2D eigenvalue weighted by atomic mass is 127. The summed E-state index contributed by atoms with van der Waals surface area (Å²) in [5.41, 5.74) is 9.41. The number of fused-ring (bicyclic) bond motifs is 2. The molecule has 3 aromatic rings. The molecule has 1 aliphatic heterocycles. The molecule has 0 amide bonds. The Morgan fingerprint density at radius 2 is 1.97 bits per heavy atom. The number of guanidine groups is 1. The van der Waals surface area contributed by atoms with Crippen LogP contribution in [0.3, 0.4) is 0 Å². The fourth-order valence-electron chi connectivity index (χ4n) is 3.48. The Labute approximate surface area is 188 Å². The van der Waals surface area contributed by atoms with E-state index in [0.717, 1.165) is 40.0 Å². The first kappa shape index (κ1) is 21.2. The van der Waals surface area contributed by atoms with E-state index in [0.29, 0.717) is 19.1 Å². The summed E-state index contributed by atoms with van der Waals surface area (Å²) in [7, 11) is 3.98. The lowest BCUT2D eigenvalue weighted by molar-refractivity contribution is 0.262. The lowest BCUT2D eigenvalue weighted by Gasteiger charge is -2.27. The minimum atomic E-state index is 0. The van der Waals surface area contributed by atoms with Gasteiger partial charge in [-0.3, -0.25) is 0 Å². The van der Waals surface area contributed by atoms with Gasteiger partial charge in [0.25, 0.3) is 0 Å². The highest BCUT2D eigenvalue weighted by Crippen LogP contribution is 2.31. The molecule has 0 aliphatic carbocycles. The van der Waals surface area contributed by atoms with E-state index in [2.05, 4.69) is 28.5 Å². The lowest BCUT2D eigenvalue weighted by Crippen LogP contribution is -2.37. The third-order valence-electron chi connectivity index (χ3n) is 4.95. The maximum Gasteiger partial charge on any atom is 0.189 e. The van der Waals surface area contributed by atoms with Crippen molar-refractivity contribution in [2.45, 2.75) is 19.0 Å². The van der Waals surface area contributed by atoms with Crippen LogP contribution in [-0.2, 0) is 6.54 Å². The van der Waals surface area contributed by atoms with Crippen molar-refractivity contribution in [1.82, 2.24) is 10.3 Å². The highest BCUT2D eigenvalue weighted by Gasteiger charge is 2.21. The number of para-hydroxylation sites is 2. The Morgan fingerprint density at radius 1 is 1.21 bits per heavy atom. The van der Waals surface area contributed by atoms with Crippen molar-refractivity contribution in [3.63, 3.8) is 0 Å². The molecule has 0 bridgehead atoms. The Bertz CT molecular complexity index is 1020. The molecular formula is C22H26IN5O. The first-order valence-electron chi connectivity index (χ1n) is 9.46. The Balaban J connectivity index is 0.00000240. The largest absolute Gasteiger partial charge is 0.493 e. The molecule has 29 heavy (non-hydrogen) atoms. The number of anilines is 1. The van der Waals surface area contributed by atoms with Gasteiger partial charge in [-0.2, -0.15) is 0 Å². The van der Waals surface area contributed by atoms with Gasteiger partial charge < -0.3 is 20.7 Å². The van der Waals surface area contributed by atoms with E-state index in [1.165, 1.54) is 0 Å². The van der Waals surface area contributed by atoms with Gasteiger partial charge in [0.05, 0.1) is 24.7 Å². The van der Waals surface area contributed by atoms with Crippen molar-refractivity contribution in [2.75, 3.05) is 25.6 Å². The summed E-state index contributed by atoms with van der Waals surface area (Å²) in [5.74, 6) is 2.26. The molecule has 152 valence electrons. The summed E-state index contributed by atoms with van der Waals surface area (Å²) in [5, 5.41) is 4.45. The van der Waals surface area contributed by atoms with Crippen molar-refractivity contribution < 1.29 is 4.74 Å². The van der Waals surface area contributed by atoms with E-state index >= 15 is 0 Å². The molecule has 7 heteroatoms. The number of halogens is 1. The first-order valence-corrected chi connectivity index (χ1v) is 9.46. The molecule has 6 nitrogen and oxygen atoms in total. The standard InChI is InChI=1S/C22H25N5O.HI/c1-27(2)21-13-15(16-7-3-5-9-18(16)25-21)14-24-22(23)26-19-11-12-28-20-10-6-4-8-17(19)20;/h3-10,13,19H,11-12,14H2,1-2H3,(H3,23,24,26);1H. The van der Waals surface area contributed by atoms with Gasteiger partial charge in [0.2, 0.25) is 0 Å². The number of nitrogens with two attached hydrogens (primary N) is 1. The molecular weight excluding hydrogens is 477 g/mol. The van der Waals surface area contributed by atoms with Gasteiger partial charge in [0, 0.05) is 31.5 Å². The zero-order chi connectivity index (χ0) is 19.5. The number of hydrogen-bond donors (Lipinski definition) is 2. The minimum absolute atomic E-state index is 0. The molecule has 1 aliphatic rings. The van der Waals surface area contributed by atoms with Gasteiger partial charge in [-0.05, 0) is 23.8 Å². The first-order chi connectivity index (χ1) is 13.6. The summed E-state index contributed by atoms with van der Waals surface area (Å²) in [6.45, 7) is 1.16. The SMILES string of the molecule is CN(C)c1cc(CN=C(N)NC2CCOc3ccccc32)c2ccccc2n1.I. The van der Waals surface area contributed by atoms with Gasteiger partial charge in [0.1, 0.15) is 11.6 Å². The fraction of sp³-hybridized carbons (Fsp3) is 0.273. The Kier molecular flexibility index (Phi) is 6.79. The topological polar surface area (TPSA) is 75.8 Å². The average molecular weight is 503 g/mol. The van der Waals surface area contributed by atoms with Crippen LogP contribution in [0.15, 0.2) is 59.6 Å². The summed E-state index contributed by atoms with van der Waals surface area (Å²) in [6.07, 6.45) is 0.857. The van der Waals surface area contributed by atoms with Crippen LogP contribution in [-0.4, -0.2) is 31.6 Å². The number of hydrogen-bond acceptors (Lipinski definition) is 4. The van der Waals surface area contributed by atoms with Crippen LogP contribution in [0.4, 0.5) is 5.82 Å². The molecule has 0 radical (unpaired) electrons. The van der Waals surface area contributed by atoms with E-state index in [1.54, 1.807) is 0 Å². The molecule has 0 saturated carbocycles. The molecule has 2 aromatic carbocycles. The Hall–Kier alpha value is -2.55. The summed E-state index contributed by atoms with van der Waals surface area (Å²) >= 11 is 0. The molecule has 3 N–H and O–H groups in total. The van der Waals surface area contributed by atoms with Gasteiger partial charge in [-0.1, -0.05) is 36.4 Å². The number of ether oxygens (including phenoxy) is 1. The molecule has 0 spiro atoms. The van der Waals surface area contributed by atoms with Gasteiger partial charge in [-0.25, -0.2) is 9.98 Å². The summed E-state index contributed by atoms with van der Waals surface area (Å²) < 4.78 is 5.72. The predicted octanol–water partition coefficient (Wildman–Crippen LogP) is 3.85. The monoisotopic (exact) mass is 503 g/mol. The van der Waals surface area contributed by atoms with E-state index < -0.39 is 0 Å². The molecule has 1 unspecified atom stereocenters. The number of nitrogens with one attached hydrogen (secondary N) is 1. The van der Waals surface area contributed by atoms with Crippen molar-refractivity contribution >= 4 is 46.7 Å². The normalized spacial score (nSPS) is 15.8. The highest BCUT2D eigenvalue weighted by molar-refractivity contribution is 14.0. The fourth-order valence-corrected chi connectivity index (χ4v) is 3.48. The lowest BCUT2D eigenvalue weighted by atomic mass is 10.0. The molecule has 4 rings (SSSR count). The van der Waals surface area contributed by atoms with E-state index in [4.69, 9.17) is 15.5 Å². The second-order valence-corrected chi connectivity index (χ2v) is 7.12. The maximum absolute atomic E-state index is 6.22. The summed E-state index contributed by atoms with van der Waals surface area (Å²) in [4.78, 5) is 11.3. The third-order valence-corrected chi connectivity index (χ3v) is 4.95. The average Bonchev–Trinajstić information content (AvgIpc) is 2.72. The van der Waals surface area contributed by atoms with E-state index in [9.17, 15) is 0 Å². The second kappa shape index (κ2) is 9.30. The van der Waals surface area contributed by atoms with Gasteiger partial charge >= 0.3 is 0 Å². The van der Waals surface area contributed by atoms with Crippen LogP contribution in [0.2, 0.25) is 0 Å². The number of pyridine rings is 1. The van der Waals surface area contributed by atoms with Crippen molar-refractivity contribution in [3.8, 4) is 5.75 Å². The van der Waals surface area contributed by atoms with E-state index in [1.807, 2.05) is 55.4 Å². The van der Waals surface area contributed by atoms with Crippen LogP contribution < -0.4 is 20.7 Å². The van der Waals surface area contributed by atoms with Crippen LogP contribution in [0, 0.1) is 0 Å². The zero-order valence-corrected chi connectivity index (χ0v) is 19.0. The van der Waals surface area contributed by atoms with Gasteiger partial charge in [0.15, 0.2) is 5.96 Å². The number of aliphatic imine (C=N–C) groups is 1. The predicted molar refractivity (Wildman–Crippen MR) is 129 cm³/mol. The van der Waals surface area contributed by atoms with Crippen molar-refractivity contribution in [2.24, 2.45) is 10.7 Å². The van der Waals surface area contributed by atoms with Crippen LogP contribution in [0.5, 0.6) is 5.75 Å². The Morgan fingerprint density at radius 3 is 2.79 bits per heavy atom. The molecule has 1 atom stereocenters. The molecule has 0 saturated heterocycles. The van der Waals surface area contributed by atoms with Crippen molar-refractivity contribution in [1.29, 1.82) is 0 Å². The third kappa shape index (κ3) is 4.72. The minimum Gasteiger partial charge on any atom is -0.493 e. The second-order valence-electron chi connectivity index (χ2n) is 7.12. The quantitative estimate of drug-likeness (QED) is 0.322. The zero-order valence-electron chi connectivity index (χ0n) is 16.6. The molecule has 0 fully saturated rings. The van der Waals surface area contributed by atoms with Crippen LogP contribution in [0.25, 0.3) is 10.9 Å². The summed E-state index contributed by atoms with van der Waals surface area (Å²) in [6, 6.07) is 18.4. The van der Waals surface area contributed by atoms with Crippen LogP contribution in [0.1, 0.15) is 23.6 Å². The number of rotatable bonds is 4. The maximum atomic E-state index is 6.22. The number of nitrogens with zero attached hydrogens (tertiary/aromatic N) is 3. The smallest absolute Gasteiger partial charge is 0.189 e. The molecule has 2 heterocycles. The molecule has 1 aromatic heterocycles. The number of aromatic nitrogens is 1.